The molecule has 5 atom stereocenters. The topological polar surface area (TPSA) is 29.5 Å². The third kappa shape index (κ3) is 6.93. The summed E-state index contributed by atoms with van der Waals surface area (Å²) in [6.07, 6.45) is 2.96. The van der Waals surface area contributed by atoms with Gasteiger partial charge in [0.05, 0.1) is 12.2 Å². The summed E-state index contributed by atoms with van der Waals surface area (Å²) < 4.78 is 6.77. The fourth-order valence-electron chi connectivity index (χ4n) is 2.76. The Balaban J connectivity index is 5.39. The second-order valence-corrected chi connectivity index (χ2v) is 14.4. The van der Waals surface area contributed by atoms with E-state index in [-0.39, 0.29) is 29.1 Å². The van der Waals surface area contributed by atoms with Crippen LogP contribution in [0.1, 0.15) is 61.8 Å². The molecule has 0 aliphatic carbocycles. The number of hydrogen-bond donors (Lipinski definition) is 1. The standard InChI is InChI=1S/C20H41BrO2Si/c1-11-15(3)19(23-24(9,10)20(6,7)8)17(5)18(22)16(4)12-14(2)13-21/h12,15-19,22H,11,13H2,1-10H3/b14-12+/t15-,16+,17+,18-,19+/m0/s1. The number of rotatable bonds is 9. The van der Waals surface area contributed by atoms with Crippen molar-refractivity contribution in [1.29, 1.82) is 0 Å². The van der Waals surface area contributed by atoms with Crippen molar-refractivity contribution in [3.8, 4) is 0 Å². The largest absolute Gasteiger partial charge is 0.413 e. The average Bonchev–Trinajstić information content (AvgIpc) is 2.48. The summed E-state index contributed by atoms with van der Waals surface area (Å²) in [5.74, 6) is 0.688. The van der Waals surface area contributed by atoms with E-state index in [1.165, 1.54) is 5.57 Å². The zero-order valence-electron chi connectivity index (χ0n) is 17.6. The molecule has 0 saturated carbocycles. The third-order valence-corrected chi connectivity index (χ3v) is 11.2. The first-order chi connectivity index (χ1) is 10.8. The Morgan fingerprint density at radius 3 is 2.08 bits per heavy atom. The van der Waals surface area contributed by atoms with E-state index < -0.39 is 8.32 Å². The van der Waals surface area contributed by atoms with Crippen molar-refractivity contribution >= 4 is 24.2 Å². The molecule has 24 heavy (non-hydrogen) atoms. The molecule has 1 N–H and O–H groups in total. The van der Waals surface area contributed by atoms with Gasteiger partial charge in [-0.15, -0.1) is 0 Å². The van der Waals surface area contributed by atoms with E-state index in [9.17, 15) is 5.11 Å². The zero-order chi connectivity index (χ0) is 19.3. The molecular weight excluding hydrogens is 380 g/mol. The Morgan fingerprint density at radius 1 is 1.21 bits per heavy atom. The predicted molar refractivity (Wildman–Crippen MR) is 113 cm³/mol. The van der Waals surface area contributed by atoms with Gasteiger partial charge >= 0.3 is 0 Å². The first-order valence-corrected chi connectivity index (χ1v) is 13.4. The summed E-state index contributed by atoms with van der Waals surface area (Å²) in [4.78, 5) is 0. The molecule has 0 unspecified atom stereocenters. The number of halogens is 1. The van der Waals surface area contributed by atoms with Gasteiger partial charge < -0.3 is 9.53 Å². The van der Waals surface area contributed by atoms with Crippen LogP contribution in [0.2, 0.25) is 18.1 Å². The van der Waals surface area contributed by atoms with Gasteiger partial charge in [0.25, 0.3) is 0 Å². The van der Waals surface area contributed by atoms with Crippen LogP contribution in [0, 0.1) is 17.8 Å². The van der Waals surface area contributed by atoms with E-state index >= 15 is 0 Å². The Labute approximate surface area is 160 Å². The molecule has 0 aromatic carbocycles. The van der Waals surface area contributed by atoms with Gasteiger partial charge in [-0.2, -0.15) is 0 Å². The highest BCUT2D eigenvalue weighted by Crippen LogP contribution is 2.40. The molecule has 0 amide bonds. The molecule has 144 valence electrons. The number of hydrogen-bond acceptors (Lipinski definition) is 2. The minimum Gasteiger partial charge on any atom is -0.413 e. The van der Waals surface area contributed by atoms with E-state index in [1.807, 2.05) is 0 Å². The fourth-order valence-corrected chi connectivity index (χ4v) is 4.42. The van der Waals surface area contributed by atoms with Crippen LogP contribution in [-0.4, -0.2) is 31.0 Å². The van der Waals surface area contributed by atoms with Crippen LogP contribution in [0.25, 0.3) is 0 Å². The second-order valence-electron chi connectivity index (χ2n) is 9.08. The minimum atomic E-state index is -1.86. The summed E-state index contributed by atoms with van der Waals surface area (Å²) >= 11 is 3.49. The van der Waals surface area contributed by atoms with Crippen molar-refractivity contribution < 1.29 is 9.53 Å². The average molecular weight is 422 g/mol. The van der Waals surface area contributed by atoms with Crippen LogP contribution in [0.15, 0.2) is 11.6 Å². The molecule has 0 spiro atoms. The van der Waals surface area contributed by atoms with Gasteiger partial charge in [-0.1, -0.05) is 82.5 Å². The van der Waals surface area contributed by atoms with Crippen LogP contribution in [0.3, 0.4) is 0 Å². The number of aliphatic hydroxyl groups is 1. The SMILES string of the molecule is CC[C@H](C)[C@@H](O[Si](C)(C)C(C)(C)C)[C@H](C)[C@@H](O)[C@H](C)/C=C(\C)CBr. The van der Waals surface area contributed by atoms with Crippen molar-refractivity contribution in [1.82, 2.24) is 0 Å². The molecule has 2 nitrogen and oxygen atoms in total. The molecule has 0 radical (unpaired) electrons. The van der Waals surface area contributed by atoms with E-state index in [4.69, 9.17) is 4.43 Å². The van der Waals surface area contributed by atoms with E-state index in [1.54, 1.807) is 0 Å². The first kappa shape index (κ1) is 24.4. The van der Waals surface area contributed by atoms with Crippen molar-refractivity contribution in [3.63, 3.8) is 0 Å². The van der Waals surface area contributed by atoms with Crippen LogP contribution in [-0.2, 0) is 4.43 Å². The maximum Gasteiger partial charge on any atom is 0.192 e. The summed E-state index contributed by atoms with van der Waals surface area (Å²) in [7, 11) is -1.86. The van der Waals surface area contributed by atoms with E-state index in [0.717, 1.165) is 11.8 Å². The predicted octanol–water partition coefficient (Wildman–Crippen LogP) is 6.40. The van der Waals surface area contributed by atoms with Gasteiger partial charge in [0.15, 0.2) is 8.32 Å². The molecule has 0 aromatic heterocycles. The number of alkyl halides is 1. The number of aliphatic hydroxyl groups excluding tert-OH is 1. The second kappa shape index (κ2) is 9.89. The van der Waals surface area contributed by atoms with Crippen LogP contribution < -0.4 is 0 Å². The molecule has 0 aliphatic rings. The maximum atomic E-state index is 10.9. The quantitative estimate of drug-likeness (QED) is 0.265. The smallest absolute Gasteiger partial charge is 0.192 e. The van der Waals surface area contributed by atoms with Gasteiger partial charge in [0.1, 0.15) is 0 Å². The van der Waals surface area contributed by atoms with Gasteiger partial charge in [-0.3, -0.25) is 0 Å². The van der Waals surface area contributed by atoms with Gasteiger partial charge in [0, 0.05) is 17.2 Å². The molecule has 0 aliphatic heterocycles. The van der Waals surface area contributed by atoms with Gasteiger partial charge in [0.2, 0.25) is 0 Å². The lowest BCUT2D eigenvalue weighted by molar-refractivity contribution is -0.0142. The molecule has 0 rings (SSSR count). The highest BCUT2D eigenvalue weighted by Gasteiger charge is 2.42. The molecule has 4 heteroatoms. The summed E-state index contributed by atoms with van der Waals surface area (Å²) in [5, 5.41) is 12.0. The Bertz CT molecular complexity index is 401. The Morgan fingerprint density at radius 2 is 1.71 bits per heavy atom. The lowest BCUT2D eigenvalue weighted by atomic mass is 9.83. The molecule has 0 saturated heterocycles. The zero-order valence-corrected chi connectivity index (χ0v) is 20.2. The summed E-state index contributed by atoms with van der Waals surface area (Å²) in [6.45, 7) is 22.3. The maximum absolute atomic E-state index is 10.9. The van der Waals surface area contributed by atoms with E-state index in [2.05, 4.69) is 90.5 Å². The van der Waals surface area contributed by atoms with Crippen molar-refractivity contribution in [2.24, 2.45) is 17.8 Å². The van der Waals surface area contributed by atoms with Gasteiger partial charge in [-0.05, 0) is 31.0 Å². The molecular formula is C20H41BrO2Si. The normalized spacial score (nSPS) is 20.4. The summed E-state index contributed by atoms with van der Waals surface area (Å²) in [5.41, 5.74) is 1.26. The van der Waals surface area contributed by atoms with Crippen LogP contribution in [0.5, 0.6) is 0 Å². The Hall–Kier alpha value is 0.357. The van der Waals surface area contributed by atoms with Gasteiger partial charge in [-0.25, -0.2) is 0 Å². The minimum absolute atomic E-state index is 0.103. The third-order valence-electron chi connectivity index (χ3n) is 5.80. The highest BCUT2D eigenvalue weighted by atomic mass is 79.9. The van der Waals surface area contributed by atoms with Crippen molar-refractivity contribution in [3.05, 3.63) is 11.6 Å². The molecule has 0 heterocycles. The Kier molecular flexibility index (Phi) is 10.0. The molecule has 0 fully saturated rings. The molecule has 0 aromatic rings. The molecule has 0 bridgehead atoms. The fraction of sp³-hybridized carbons (Fsp3) is 0.900. The van der Waals surface area contributed by atoms with Crippen molar-refractivity contribution in [2.45, 2.75) is 92.2 Å². The van der Waals surface area contributed by atoms with Crippen LogP contribution in [0.4, 0.5) is 0 Å². The summed E-state index contributed by atoms with van der Waals surface area (Å²) in [6, 6.07) is 0. The number of allylic oxidation sites excluding steroid dienone is 1. The monoisotopic (exact) mass is 420 g/mol. The lowest BCUT2D eigenvalue weighted by Gasteiger charge is -2.44. The van der Waals surface area contributed by atoms with Crippen molar-refractivity contribution in [2.75, 3.05) is 5.33 Å². The van der Waals surface area contributed by atoms with Crippen LogP contribution >= 0.6 is 15.9 Å². The first-order valence-electron chi connectivity index (χ1n) is 9.37. The lowest BCUT2D eigenvalue weighted by Crippen LogP contribution is -2.49. The highest BCUT2D eigenvalue weighted by molar-refractivity contribution is 9.09. The van der Waals surface area contributed by atoms with E-state index in [0.29, 0.717) is 5.92 Å².